The highest BCUT2D eigenvalue weighted by Gasteiger charge is 1.86. The van der Waals surface area contributed by atoms with Crippen LogP contribution in [0.25, 0.3) is 18.2 Å². The van der Waals surface area contributed by atoms with Crippen molar-refractivity contribution in [3.8, 4) is 0 Å². The maximum Gasteiger partial charge on any atom is 0.142 e. The number of carbonyl (C=O) groups is 1. The van der Waals surface area contributed by atoms with Gasteiger partial charge in [0.05, 0.1) is 0 Å². The summed E-state index contributed by atoms with van der Waals surface area (Å²) >= 11 is 5.81. The van der Waals surface area contributed by atoms with E-state index in [4.69, 9.17) is 11.6 Å². The van der Waals surface area contributed by atoms with E-state index < -0.39 is 0 Å². The maximum absolute atomic E-state index is 9.89. The second kappa shape index (κ2) is 12.2. The van der Waals surface area contributed by atoms with Crippen LogP contribution in [-0.2, 0) is 4.79 Å². The van der Waals surface area contributed by atoms with Crippen LogP contribution in [0.1, 0.15) is 16.7 Å². The van der Waals surface area contributed by atoms with Gasteiger partial charge in [-0.15, -0.1) is 0 Å². The molecule has 0 radical (unpaired) electrons. The van der Waals surface area contributed by atoms with Gasteiger partial charge in [-0.25, -0.2) is 0 Å². The highest BCUT2D eigenvalue weighted by molar-refractivity contribution is 6.30. The standard InChI is InChI=1S/C16H13Cl.C9H8O/c17-16-12-10-15(11-13-16)9-5-4-8-14-6-2-1-3-7-14;10-8-4-7-9-5-2-1-3-6-9/h1-13H;1-8H/b8-4+,9-5+;7-4+. The van der Waals surface area contributed by atoms with Gasteiger partial charge in [-0.05, 0) is 34.9 Å². The van der Waals surface area contributed by atoms with E-state index in [2.05, 4.69) is 24.3 Å². The van der Waals surface area contributed by atoms with Crippen molar-refractivity contribution in [1.29, 1.82) is 0 Å². The second-order valence-corrected chi connectivity index (χ2v) is 6.02. The fraction of sp³-hybridized carbons (Fsp3) is 0. The largest absolute Gasteiger partial charge is 0.299 e. The molecule has 0 bridgehead atoms. The molecule has 3 aromatic rings. The summed E-state index contributed by atoms with van der Waals surface area (Å²) in [6, 6.07) is 27.7. The van der Waals surface area contributed by atoms with Crippen molar-refractivity contribution < 1.29 is 4.79 Å². The number of hydrogen-bond acceptors (Lipinski definition) is 1. The van der Waals surface area contributed by atoms with E-state index in [-0.39, 0.29) is 0 Å². The summed E-state index contributed by atoms with van der Waals surface area (Å²) in [5.74, 6) is 0. The van der Waals surface area contributed by atoms with Gasteiger partial charge in [0.1, 0.15) is 6.29 Å². The van der Waals surface area contributed by atoms with Crippen LogP contribution >= 0.6 is 11.6 Å². The Balaban J connectivity index is 0.000000223. The van der Waals surface area contributed by atoms with Crippen LogP contribution in [0.2, 0.25) is 5.02 Å². The number of benzene rings is 3. The van der Waals surface area contributed by atoms with Gasteiger partial charge in [-0.2, -0.15) is 0 Å². The summed E-state index contributed by atoms with van der Waals surface area (Å²) in [5, 5.41) is 0.766. The number of aldehydes is 1. The molecule has 0 spiro atoms. The molecule has 0 unspecified atom stereocenters. The summed E-state index contributed by atoms with van der Waals surface area (Å²) in [7, 11) is 0. The molecule has 2 heteroatoms. The molecule has 0 amide bonds. The van der Waals surface area contributed by atoms with Gasteiger partial charge in [0.15, 0.2) is 0 Å². The predicted octanol–water partition coefficient (Wildman–Crippen LogP) is 6.97. The first kappa shape index (κ1) is 20.2. The fourth-order valence-corrected chi connectivity index (χ4v) is 2.31. The van der Waals surface area contributed by atoms with Crippen LogP contribution in [0, 0.1) is 0 Å². The van der Waals surface area contributed by atoms with E-state index >= 15 is 0 Å². The molecule has 0 aromatic heterocycles. The lowest BCUT2D eigenvalue weighted by Crippen LogP contribution is -1.70. The summed E-state index contributed by atoms with van der Waals surface area (Å²) in [4.78, 5) is 9.89. The van der Waals surface area contributed by atoms with Crippen LogP contribution in [0.4, 0.5) is 0 Å². The van der Waals surface area contributed by atoms with Crippen molar-refractivity contribution >= 4 is 36.1 Å². The Bertz CT molecular complexity index is 877. The smallest absolute Gasteiger partial charge is 0.142 e. The second-order valence-electron chi connectivity index (χ2n) is 5.59. The minimum absolute atomic E-state index is 0.766. The van der Waals surface area contributed by atoms with Gasteiger partial charge < -0.3 is 0 Å². The molecule has 0 saturated carbocycles. The molecule has 0 atom stereocenters. The fourth-order valence-electron chi connectivity index (χ4n) is 2.19. The van der Waals surface area contributed by atoms with E-state index in [0.29, 0.717) is 0 Å². The number of carbonyl (C=O) groups excluding carboxylic acids is 1. The van der Waals surface area contributed by atoms with Crippen LogP contribution in [0.3, 0.4) is 0 Å². The molecular formula is C25H21ClO. The molecule has 0 heterocycles. The summed E-state index contributed by atoms with van der Waals surface area (Å²) in [5.41, 5.74) is 3.40. The SMILES string of the molecule is Clc1ccc(/C=C/C=C/c2ccccc2)cc1.O=C/C=C/c1ccccc1. The molecule has 0 N–H and O–H groups in total. The van der Waals surface area contributed by atoms with E-state index in [1.807, 2.05) is 84.9 Å². The van der Waals surface area contributed by atoms with E-state index in [0.717, 1.165) is 22.4 Å². The Hall–Kier alpha value is -3.16. The third-order valence-corrected chi connectivity index (χ3v) is 3.78. The van der Waals surface area contributed by atoms with Crippen LogP contribution < -0.4 is 0 Å². The molecule has 0 saturated heterocycles. The topological polar surface area (TPSA) is 17.1 Å². The molecule has 3 rings (SSSR count). The van der Waals surface area contributed by atoms with E-state index in [9.17, 15) is 4.79 Å². The van der Waals surface area contributed by atoms with Crippen molar-refractivity contribution in [3.63, 3.8) is 0 Å². The van der Waals surface area contributed by atoms with Crippen LogP contribution in [-0.4, -0.2) is 6.29 Å². The van der Waals surface area contributed by atoms with Crippen LogP contribution in [0.15, 0.2) is 103 Å². The van der Waals surface area contributed by atoms with Gasteiger partial charge in [0.2, 0.25) is 0 Å². The Morgan fingerprint density at radius 1 is 0.519 bits per heavy atom. The lowest BCUT2D eigenvalue weighted by Gasteiger charge is -1.92. The van der Waals surface area contributed by atoms with Gasteiger partial charge in [0.25, 0.3) is 0 Å². The minimum atomic E-state index is 0.766. The summed E-state index contributed by atoms with van der Waals surface area (Å²) in [6.07, 6.45) is 12.2. The lowest BCUT2D eigenvalue weighted by molar-refractivity contribution is -0.104. The van der Waals surface area contributed by atoms with E-state index in [1.54, 1.807) is 6.08 Å². The summed E-state index contributed by atoms with van der Waals surface area (Å²) < 4.78 is 0. The number of hydrogen-bond donors (Lipinski definition) is 0. The Kier molecular flexibility index (Phi) is 9.13. The average Bonchev–Trinajstić information content (AvgIpc) is 2.73. The molecule has 3 aromatic carbocycles. The Morgan fingerprint density at radius 2 is 0.926 bits per heavy atom. The third-order valence-electron chi connectivity index (χ3n) is 3.52. The van der Waals surface area contributed by atoms with E-state index in [1.165, 1.54) is 11.6 Å². The zero-order chi connectivity index (χ0) is 19.2. The molecule has 0 aliphatic carbocycles. The van der Waals surface area contributed by atoms with Crippen LogP contribution in [0.5, 0.6) is 0 Å². The maximum atomic E-state index is 9.89. The summed E-state index contributed by atoms with van der Waals surface area (Å²) in [6.45, 7) is 0. The zero-order valence-electron chi connectivity index (χ0n) is 14.9. The monoisotopic (exact) mass is 372 g/mol. The van der Waals surface area contributed by atoms with Crippen molar-refractivity contribution in [2.75, 3.05) is 0 Å². The van der Waals surface area contributed by atoms with Crippen molar-refractivity contribution in [1.82, 2.24) is 0 Å². The first-order valence-electron chi connectivity index (χ1n) is 8.60. The van der Waals surface area contributed by atoms with Gasteiger partial charge in [-0.1, -0.05) is 115 Å². The molecule has 134 valence electrons. The predicted molar refractivity (Wildman–Crippen MR) is 118 cm³/mol. The van der Waals surface area contributed by atoms with Gasteiger partial charge >= 0.3 is 0 Å². The molecule has 0 fully saturated rings. The average molecular weight is 373 g/mol. The Morgan fingerprint density at radius 3 is 1.37 bits per heavy atom. The first-order chi connectivity index (χ1) is 13.3. The molecular weight excluding hydrogens is 352 g/mol. The quantitative estimate of drug-likeness (QED) is 0.268. The molecule has 27 heavy (non-hydrogen) atoms. The zero-order valence-corrected chi connectivity index (χ0v) is 15.7. The highest BCUT2D eigenvalue weighted by Crippen LogP contribution is 2.10. The molecule has 0 aliphatic heterocycles. The molecule has 1 nitrogen and oxygen atoms in total. The first-order valence-corrected chi connectivity index (χ1v) is 8.98. The molecule has 0 aliphatic rings. The van der Waals surface area contributed by atoms with Crippen molar-refractivity contribution in [3.05, 3.63) is 125 Å². The van der Waals surface area contributed by atoms with Crippen molar-refractivity contribution in [2.24, 2.45) is 0 Å². The number of rotatable bonds is 5. The Labute approximate surface area is 166 Å². The normalized spacial score (nSPS) is 10.9. The highest BCUT2D eigenvalue weighted by atomic mass is 35.5. The van der Waals surface area contributed by atoms with Gasteiger partial charge in [0, 0.05) is 5.02 Å². The number of allylic oxidation sites excluding steroid dienone is 3. The minimum Gasteiger partial charge on any atom is -0.299 e. The number of halogens is 1. The third kappa shape index (κ3) is 8.66. The van der Waals surface area contributed by atoms with Gasteiger partial charge in [-0.3, -0.25) is 4.79 Å². The van der Waals surface area contributed by atoms with Crippen molar-refractivity contribution in [2.45, 2.75) is 0 Å². The lowest BCUT2D eigenvalue weighted by atomic mass is 10.2.